The zero-order valence-electron chi connectivity index (χ0n) is 14.1. The molecule has 0 radical (unpaired) electrons. The average Bonchev–Trinajstić information content (AvgIpc) is 2.65. The van der Waals surface area contributed by atoms with Crippen LogP contribution in [-0.2, 0) is 10.3 Å². The molecule has 2 aromatic heterocycles. The minimum atomic E-state index is -1.67. The van der Waals surface area contributed by atoms with E-state index < -0.39 is 17.8 Å². The molecule has 1 aliphatic heterocycles. The Hall–Kier alpha value is -3.14. The van der Waals surface area contributed by atoms with Crippen molar-refractivity contribution in [1.82, 2.24) is 15.0 Å². The van der Waals surface area contributed by atoms with Crippen molar-refractivity contribution in [3.63, 3.8) is 0 Å². The number of nitrogens with two attached hydrogens (primary N) is 1. The van der Waals surface area contributed by atoms with E-state index in [9.17, 15) is 9.18 Å². The van der Waals surface area contributed by atoms with Crippen molar-refractivity contribution >= 4 is 17.6 Å². The highest BCUT2D eigenvalue weighted by Crippen LogP contribution is 2.35. The van der Waals surface area contributed by atoms with E-state index in [1.165, 1.54) is 31.8 Å². The van der Waals surface area contributed by atoms with E-state index in [4.69, 9.17) is 15.2 Å². The molecule has 1 amide bonds. The normalized spacial score (nSPS) is 22.4. The minimum Gasteiger partial charge on any atom is -0.480 e. The molecule has 26 heavy (non-hydrogen) atoms. The second-order valence-electron chi connectivity index (χ2n) is 5.71. The molecule has 1 aliphatic rings. The van der Waals surface area contributed by atoms with Gasteiger partial charge >= 0.3 is 0 Å². The van der Waals surface area contributed by atoms with E-state index in [2.05, 4.69) is 25.3 Å². The number of rotatable bonds is 4. The second kappa shape index (κ2) is 7.00. The zero-order chi connectivity index (χ0) is 18.7. The van der Waals surface area contributed by atoms with Gasteiger partial charge in [0, 0.05) is 6.20 Å². The van der Waals surface area contributed by atoms with E-state index >= 15 is 0 Å². The minimum absolute atomic E-state index is 0.0679. The number of hydrogen-bond donors (Lipinski definition) is 2. The maximum Gasteiger partial charge on any atom is 0.277 e. The SMILES string of the molecule is COc1cnc(C(=O)Nc2cc([C@@]3(C)N=C(N)CO[C@@H]3F)ccn2)cn1. The van der Waals surface area contributed by atoms with Crippen molar-refractivity contribution in [3.05, 3.63) is 42.0 Å². The summed E-state index contributed by atoms with van der Waals surface area (Å²) in [4.78, 5) is 28.4. The van der Waals surface area contributed by atoms with Crippen LogP contribution in [0.1, 0.15) is 23.0 Å². The van der Waals surface area contributed by atoms with Crippen LogP contribution in [0.25, 0.3) is 0 Å². The zero-order valence-corrected chi connectivity index (χ0v) is 14.1. The van der Waals surface area contributed by atoms with Crippen LogP contribution in [0, 0.1) is 0 Å². The van der Waals surface area contributed by atoms with E-state index in [0.29, 0.717) is 5.56 Å². The van der Waals surface area contributed by atoms with Gasteiger partial charge in [0.15, 0.2) is 0 Å². The molecule has 3 rings (SSSR count). The molecule has 0 bridgehead atoms. The first-order valence-electron chi connectivity index (χ1n) is 7.66. The molecule has 2 atom stereocenters. The van der Waals surface area contributed by atoms with E-state index in [-0.39, 0.29) is 29.8 Å². The summed E-state index contributed by atoms with van der Waals surface area (Å²) in [6, 6.07) is 3.09. The molecule has 3 heterocycles. The van der Waals surface area contributed by atoms with E-state index in [1.54, 1.807) is 13.0 Å². The van der Waals surface area contributed by atoms with Crippen molar-refractivity contribution in [2.45, 2.75) is 18.8 Å². The van der Waals surface area contributed by atoms with E-state index in [1.807, 2.05) is 0 Å². The standard InChI is InChI=1S/C16H17FN6O3/c1-16(15(17)26-8-11(18)23-16)9-3-4-19-12(5-9)22-14(24)10-6-21-13(25-2)7-20-10/h3-7,15H,8H2,1-2H3,(H2,18,23)(H,19,22,24)/t15-,16+/m0/s1. The smallest absolute Gasteiger partial charge is 0.277 e. The number of nitrogens with one attached hydrogen (secondary N) is 1. The summed E-state index contributed by atoms with van der Waals surface area (Å²) in [6.45, 7) is 1.49. The lowest BCUT2D eigenvalue weighted by Crippen LogP contribution is -2.43. The summed E-state index contributed by atoms with van der Waals surface area (Å²) >= 11 is 0. The molecule has 0 saturated heterocycles. The average molecular weight is 360 g/mol. The number of halogens is 1. The summed E-state index contributed by atoms with van der Waals surface area (Å²) in [5.74, 6) is 0.168. The van der Waals surface area contributed by atoms with Crippen LogP contribution in [0.2, 0.25) is 0 Å². The summed E-state index contributed by atoms with van der Waals surface area (Å²) in [6.07, 6.45) is 2.36. The molecule has 2 aromatic rings. The molecular weight excluding hydrogens is 343 g/mol. The van der Waals surface area contributed by atoms with E-state index in [0.717, 1.165) is 0 Å². The number of carbonyl (C=O) groups is 1. The fourth-order valence-electron chi connectivity index (χ4n) is 2.43. The third kappa shape index (κ3) is 3.45. The third-order valence-electron chi connectivity index (χ3n) is 3.85. The largest absolute Gasteiger partial charge is 0.480 e. The molecule has 0 spiro atoms. The molecule has 9 nitrogen and oxygen atoms in total. The van der Waals surface area contributed by atoms with Crippen LogP contribution in [0.15, 0.2) is 35.7 Å². The maximum atomic E-state index is 14.3. The first-order valence-corrected chi connectivity index (χ1v) is 7.66. The number of aliphatic imine (C=N–C) groups is 1. The van der Waals surface area contributed by atoms with Crippen LogP contribution in [0.5, 0.6) is 5.88 Å². The Kier molecular flexibility index (Phi) is 4.76. The van der Waals surface area contributed by atoms with Gasteiger partial charge in [-0.25, -0.2) is 19.3 Å². The van der Waals surface area contributed by atoms with Gasteiger partial charge in [-0.2, -0.15) is 0 Å². The highest BCUT2D eigenvalue weighted by molar-refractivity contribution is 6.02. The number of amidine groups is 1. The van der Waals surface area contributed by atoms with Crippen molar-refractivity contribution in [2.75, 3.05) is 19.0 Å². The second-order valence-corrected chi connectivity index (χ2v) is 5.71. The van der Waals surface area contributed by atoms with Gasteiger partial charge < -0.3 is 20.5 Å². The van der Waals surface area contributed by atoms with Crippen molar-refractivity contribution in [2.24, 2.45) is 10.7 Å². The van der Waals surface area contributed by atoms with Gasteiger partial charge in [-0.3, -0.25) is 9.79 Å². The topological polar surface area (TPSA) is 125 Å². The molecular formula is C16H17FN6O3. The Morgan fingerprint density at radius 1 is 1.42 bits per heavy atom. The lowest BCUT2D eigenvalue weighted by molar-refractivity contribution is -0.0796. The molecule has 136 valence electrons. The number of carbonyl (C=O) groups excluding carboxylic acids is 1. The summed E-state index contributed by atoms with van der Waals surface area (Å²) in [5, 5.41) is 2.58. The first-order chi connectivity index (χ1) is 12.4. The molecule has 0 aromatic carbocycles. The molecule has 0 saturated carbocycles. The fraction of sp³-hybridized carbons (Fsp3) is 0.312. The Balaban J connectivity index is 1.83. The number of alkyl halides is 1. The van der Waals surface area contributed by atoms with Gasteiger partial charge in [-0.15, -0.1) is 0 Å². The predicted octanol–water partition coefficient (Wildman–Crippen LogP) is 1.03. The van der Waals surface area contributed by atoms with Crippen LogP contribution in [0.4, 0.5) is 10.2 Å². The number of ether oxygens (including phenoxy) is 2. The van der Waals surface area contributed by atoms with Gasteiger partial charge in [0.2, 0.25) is 12.2 Å². The van der Waals surface area contributed by atoms with Crippen molar-refractivity contribution in [3.8, 4) is 5.88 Å². The summed E-state index contributed by atoms with van der Waals surface area (Å²) in [5.41, 5.74) is 4.88. The van der Waals surface area contributed by atoms with Crippen LogP contribution >= 0.6 is 0 Å². The number of pyridine rings is 1. The molecule has 3 N–H and O–H groups in total. The Labute approximate surface area is 148 Å². The summed E-state index contributed by atoms with van der Waals surface area (Å²) in [7, 11) is 1.45. The van der Waals surface area contributed by atoms with Crippen LogP contribution in [-0.4, -0.2) is 46.8 Å². The molecule has 10 heteroatoms. The van der Waals surface area contributed by atoms with Gasteiger partial charge in [-0.05, 0) is 24.6 Å². The van der Waals surface area contributed by atoms with Gasteiger partial charge in [-0.1, -0.05) is 0 Å². The molecule has 0 aliphatic carbocycles. The lowest BCUT2D eigenvalue weighted by atomic mass is 9.92. The fourth-order valence-corrected chi connectivity index (χ4v) is 2.43. The Morgan fingerprint density at radius 3 is 2.92 bits per heavy atom. The van der Waals surface area contributed by atoms with Crippen molar-refractivity contribution in [1.29, 1.82) is 0 Å². The number of hydrogen-bond acceptors (Lipinski definition) is 8. The molecule has 0 unspecified atom stereocenters. The first kappa shape index (κ1) is 17.7. The van der Waals surface area contributed by atoms with Crippen LogP contribution < -0.4 is 15.8 Å². The Bertz CT molecular complexity index is 844. The predicted molar refractivity (Wildman–Crippen MR) is 90.6 cm³/mol. The Morgan fingerprint density at radius 2 is 2.23 bits per heavy atom. The maximum absolute atomic E-state index is 14.3. The molecule has 0 fully saturated rings. The third-order valence-corrected chi connectivity index (χ3v) is 3.85. The van der Waals surface area contributed by atoms with Gasteiger partial charge in [0.25, 0.3) is 5.91 Å². The number of nitrogens with zero attached hydrogens (tertiary/aromatic N) is 4. The number of anilines is 1. The monoisotopic (exact) mass is 360 g/mol. The lowest BCUT2D eigenvalue weighted by Gasteiger charge is -2.33. The number of amides is 1. The number of aromatic nitrogens is 3. The highest BCUT2D eigenvalue weighted by Gasteiger charge is 2.40. The van der Waals surface area contributed by atoms with Gasteiger partial charge in [0.05, 0.1) is 19.5 Å². The van der Waals surface area contributed by atoms with Crippen LogP contribution in [0.3, 0.4) is 0 Å². The summed E-state index contributed by atoms with van der Waals surface area (Å²) < 4.78 is 24.2. The number of methoxy groups -OCH3 is 1. The van der Waals surface area contributed by atoms with Crippen molar-refractivity contribution < 1.29 is 18.7 Å². The van der Waals surface area contributed by atoms with Gasteiger partial charge in [0.1, 0.15) is 29.5 Å². The highest BCUT2D eigenvalue weighted by atomic mass is 19.1. The quantitative estimate of drug-likeness (QED) is 0.834.